The van der Waals surface area contributed by atoms with Gasteiger partial charge in [0.15, 0.2) is 0 Å². The highest BCUT2D eigenvalue weighted by Gasteiger charge is 2.10. The third kappa shape index (κ3) is 2.15. The molecule has 96 valence electrons. The van der Waals surface area contributed by atoms with Crippen molar-refractivity contribution in [1.29, 1.82) is 0 Å². The normalized spacial score (nSPS) is 11.1. The lowest BCUT2D eigenvalue weighted by Crippen LogP contribution is -2.06. The topological polar surface area (TPSA) is 56.7 Å². The molecule has 2 N–H and O–H groups in total. The van der Waals surface area contributed by atoms with Crippen molar-refractivity contribution in [3.63, 3.8) is 0 Å². The maximum atomic E-state index is 5.99. The van der Waals surface area contributed by atoms with E-state index in [-0.39, 0.29) is 0 Å². The highest BCUT2D eigenvalue weighted by atomic mass is 35.5. The predicted molar refractivity (Wildman–Crippen MR) is 77.2 cm³/mol. The molecule has 0 unspecified atom stereocenters. The molecule has 19 heavy (non-hydrogen) atoms. The van der Waals surface area contributed by atoms with E-state index in [1.807, 2.05) is 35.0 Å². The molecule has 0 aliphatic carbocycles. The smallest absolute Gasteiger partial charge is 0.201 e. The van der Waals surface area contributed by atoms with Crippen LogP contribution in [0.15, 0.2) is 36.7 Å². The Morgan fingerprint density at radius 3 is 2.95 bits per heavy atom. The Morgan fingerprint density at radius 2 is 2.16 bits per heavy atom. The Bertz CT molecular complexity index is 748. The van der Waals surface area contributed by atoms with Crippen molar-refractivity contribution in [3.8, 4) is 0 Å². The Morgan fingerprint density at radius 1 is 1.32 bits per heavy atom. The van der Waals surface area contributed by atoms with Gasteiger partial charge in [-0.05, 0) is 42.3 Å². The zero-order valence-corrected chi connectivity index (χ0v) is 11.2. The van der Waals surface area contributed by atoms with E-state index in [2.05, 4.69) is 16.9 Å². The molecule has 0 radical (unpaired) electrons. The van der Waals surface area contributed by atoms with Gasteiger partial charge in [-0.15, -0.1) is 0 Å². The minimum absolute atomic E-state index is 0.487. The monoisotopic (exact) mass is 272 g/mol. The van der Waals surface area contributed by atoms with Crippen LogP contribution in [0.25, 0.3) is 11.0 Å². The predicted octanol–water partition coefficient (Wildman–Crippen LogP) is 3.02. The van der Waals surface area contributed by atoms with Crippen molar-refractivity contribution in [2.75, 3.05) is 5.73 Å². The van der Waals surface area contributed by atoms with Gasteiger partial charge in [0, 0.05) is 17.4 Å². The molecular formula is C14H13ClN4. The molecule has 0 aliphatic heterocycles. The maximum absolute atomic E-state index is 5.99. The summed E-state index contributed by atoms with van der Waals surface area (Å²) in [6, 6.07) is 7.59. The van der Waals surface area contributed by atoms with E-state index < -0.39 is 0 Å². The molecule has 0 atom stereocenters. The summed E-state index contributed by atoms with van der Waals surface area (Å²) in [6.45, 7) is 2.72. The fourth-order valence-electron chi connectivity index (χ4n) is 2.12. The molecule has 0 saturated heterocycles. The standard InChI is InChI=1S/C14H13ClN4/c1-9-4-5-17-7-10(9)8-19-13-3-2-11(15)6-12(13)18-14(19)16/h2-7H,8H2,1H3,(H2,16,18). The number of nitrogen functional groups attached to an aromatic ring is 1. The van der Waals surface area contributed by atoms with E-state index in [0.29, 0.717) is 17.5 Å². The average molecular weight is 273 g/mol. The van der Waals surface area contributed by atoms with Crippen LogP contribution < -0.4 is 5.73 Å². The van der Waals surface area contributed by atoms with E-state index in [1.165, 1.54) is 5.56 Å². The van der Waals surface area contributed by atoms with E-state index >= 15 is 0 Å². The summed E-state index contributed by atoms with van der Waals surface area (Å²) in [5.41, 5.74) is 10.1. The number of rotatable bonds is 2. The summed E-state index contributed by atoms with van der Waals surface area (Å²) in [5, 5.41) is 0.662. The van der Waals surface area contributed by atoms with Crippen molar-refractivity contribution in [2.24, 2.45) is 0 Å². The number of hydrogen-bond acceptors (Lipinski definition) is 3. The highest BCUT2D eigenvalue weighted by molar-refractivity contribution is 6.31. The molecule has 4 nitrogen and oxygen atoms in total. The van der Waals surface area contributed by atoms with Crippen LogP contribution in [0.2, 0.25) is 5.02 Å². The molecule has 0 aliphatic rings. The van der Waals surface area contributed by atoms with Crippen molar-refractivity contribution in [3.05, 3.63) is 52.8 Å². The number of aryl methyl sites for hydroxylation is 1. The molecule has 1 aromatic carbocycles. The third-order valence-corrected chi connectivity index (χ3v) is 3.45. The number of nitrogens with two attached hydrogens (primary N) is 1. The zero-order valence-electron chi connectivity index (χ0n) is 10.5. The van der Waals surface area contributed by atoms with Crippen molar-refractivity contribution < 1.29 is 0 Å². The maximum Gasteiger partial charge on any atom is 0.201 e. The summed E-state index contributed by atoms with van der Waals surface area (Å²) in [6.07, 6.45) is 3.64. The van der Waals surface area contributed by atoms with Crippen LogP contribution in [0.5, 0.6) is 0 Å². The fraction of sp³-hybridized carbons (Fsp3) is 0.143. The number of fused-ring (bicyclic) bond motifs is 1. The van der Waals surface area contributed by atoms with Gasteiger partial charge < -0.3 is 10.3 Å². The molecule has 0 bridgehead atoms. The minimum Gasteiger partial charge on any atom is -0.369 e. The van der Waals surface area contributed by atoms with Crippen molar-refractivity contribution in [1.82, 2.24) is 14.5 Å². The van der Waals surface area contributed by atoms with Crippen LogP contribution in [0.4, 0.5) is 5.95 Å². The van der Waals surface area contributed by atoms with Gasteiger partial charge in [0.05, 0.1) is 17.6 Å². The Balaban J connectivity index is 2.10. The Kier molecular flexibility index (Phi) is 2.87. The average Bonchev–Trinajstić information content (AvgIpc) is 2.68. The van der Waals surface area contributed by atoms with Crippen LogP contribution in [0.3, 0.4) is 0 Å². The summed E-state index contributed by atoms with van der Waals surface area (Å²) < 4.78 is 1.97. The second-order valence-electron chi connectivity index (χ2n) is 4.49. The Hall–Kier alpha value is -2.07. The number of benzene rings is 1. The van der Waals surface area contributed by atoms with Gasteiger partial charge in [-0.25, -0.2) is 4.98 Å². The number of pyridine rings is 1. The van der Waals surface area contributed by atoms with Gasteiger partial charge in [-0.2, -0.15) is 0 Å². The second-order valence-corrected chi connectivity index (χ2v) is 4.93. The van der Waals surface area contributed by atoms with Crippen LogP contribution in [0, 0.1) is 6.92 Å². The van der Waals surface area contributed by atoms with Gasteiger partial charge in [0.25, 0.3) is 0 Å². The molecular weight excluding hydrogens is 260 g/mol. The summed E-state index contributed by atoms with van der Waals surface area (Å²) in [7, 11) is 0. The van der Waals surface area contributed by atoms with Gasteiger partial charge in [0.2, 0.25) is 5.95 Å². The Labute approximate surface area is 115 Å². The first kappa shape index (κ1) is 12.0. The van der Waals surface area contributed by atoms with E-state index in [4.69, 9.17) is 17.3 Å². The first-order chi connectivity index (χ1) is 9.15. The molecule has 3 aromatic rings. The largest absolute Gasteiger partial charge is 0.369 e. The summed E-state index contributed by atoms with van der Waals surface area (Å²) in [5.74, 6) is 0.487. The molecule has 2 heterocycles. The minimum atomic E-state index is 0.487. The van der Waals surface area contributed by atoms with E-state index in [9.17, 15) is 0 Å². The molecule has 0 fully saturated rings. The van der Waals surface area contributed by atoms with E-state index in [1.54, 1.807) is 6.20 Å². The number of nitrogens with zero attached hydrogens (tertiary/aromatic N) is 3. The van der Waals surface area contributed by atoms with Gasteiger partial charge >= 0.3 is 0 Å². The van der Waals surface area contributed by atoms with Crippen LogP contribution in [-0.4, -0.2) is 14.5 Å². The number of imidazole rings is 1. The van der Waals surface area contributed by atoms with Crippen LogP contribution in [-0.2, 0) is 6.54 Å². The number of hydrogen-bond donors (Lipinski definition) is 1. The van der Waals surface area contributed by atoms with Gasteiger partial charge in [0.1, 0.15) is 0 Å². The fourth-order valence-corrected chi connectivity index (χ4v) is 2.29. The lowest BCUT2D eigenvalue weighted by Gasteiger charge is -2.08. The van der Waals surface area contributed by atoms with Crippen molar-refractivity contribution in [2.45, 2.75) is 13.5 Å². The zero-order chi connectivity index (χ0) is 13.4. The molecule has 2 aromatic heterocycles. The molecule has 0 spiro atoms. The van der Waals surface area contributed by atoms with E-state index in [0.717, 1.165) is 16.6 Å². The first-order valence-electron chi connectivity index (χ1n) is 5.96. The molecule has 3 rings (SSSR count). The SMILES string of the molecule is Cc1ccncc1Cn1c(N)nc2cc(Cl)ccc21. The van der Waals surface area contributed by atoms with Gasteiger partial charge in [-0.3, -0.25) is 4.98 Å². The molecule has 0 saturated carbocycles. The van der Waals surface area contributed by atoms with Gasteiger partial charge in [-0.1, -0.05) is 11.6 Å². The number of aromatic nitrogens is 3. The number of anilines is 1. The van der Waals surface area contributed by atoms with Crippen molar-refractivity contribution >= 4 is 28.6 Å². The highest BCUT2D eigenvalue weighted by Crippen LogP contribution is 2.23. The van der Waals surface area contributed by atoms with Crippen LogP contribution in [0.1, 0.15) is 11.1 Å². The summed E-state index contributed by atoms with van der Waals surface area (Å²) >= 11 is 5.97. The number of halogens is 1. The quantitative estimate of drug-likeness (QED) is 0.780. The van der Waals surface area contributed by atoms with Crippen LogP contribution >= 0.6 is 11.6 Å². The lowest BCUT2D eigenvalue weighted by atomic mass is 10.1. The third-order valence-electron chi connectivity index (χ3n) is 3.22. The summed E-state index contributed by atoms with van der Waals surface area (Å²) in [4.78, 5) is 8.49. The lowest BCUT2D eigenvalue weighted by molar-refractivity contribution is 0.826. The second kappa shape index (κ2) is 4.55. The molecule has 5 heteroatoms. The molecule has 0 amide bonds. The first-order valence-corrected chi connectivity index (χ1v) is 6.33.